The molecule has 0 fully saturated rings. The summed E-state index contributed by atoms with van der Waals surface area (Å²) in [6, 6.07) is 0. The van der Waals surface area contributed by atoms with Crippen LogP contribution in [0, 0.1) is 0 Å². The normalized spacial score (nSPS) is 20.2. The molecule has 0 heterocycles. The van der Waals surface area contributed by atoms with Crippen LogP contribution in [0.2, 0.25) is 0 Å². The Bertz CT molecular complexity index is 583. The van der Waals surface area contributed by atoms with Crippen LogP contribution in [0.1, 0.15) is 6.92 Å². The summed E-state index contributed by atoms with van der Waals surface area (Å²) in [5.41, 5.74) is 0.220. The van der Waals surface area contributed by atoms with Crippen molar-refractivity contribution in [1.29, 1.82) is 0 Å². The lowest BCUT2D eigenvalue weighted by molar-refractivity contribution is -0.116. The molecule has 0 atom stereocenters. The smallest absolute Gasteiger partial charge is 0.187 e. The molecule has 4 nitrogen and oxygen atoms in total. The molecular formula is C13H8O4. The first-order chi connectivity index (χ1) is 8.00. The van der Waals surface area contributed by atoms with Gasteiger partial charge in [0.05, 0.1) is 0 Å². The van der Waals surface area contributed by atoms with Crippen LogP contribution in [0.25, 0.3) is 0 Å². The summed E-state index contributed by atoms with van der Waals surface area (Å²) in [6.07, 6.45) is 5.60. The van der Waals surface area contributed by atoms with E-state index >= 15 is 0 Å². The molecule has 0 saturated heterocycles. The Labute approximate surface area is 97.0 Å². The van der Waals surface area contributed by atoms with Crippen molar-refractivity contribution < 1.29 is 19.2 Å². The highest BCUT2D eigenvalue weighted by molar-refractivity contribution is 6.30. The van der Waals surface area contributed by atoms with Gasteiger partial charge >= 0.3 is 0 Å². The summed E-state index contributed by atoms with van der Waals surface area (Å²) in [6.45, 7) is 1.47. The summed E-state index contributed by atoms with van der Waals surface area (Å²) in [7, 11) is 0. The standard InChI is InChI=1S/C13H8O4/c1-7-10(15)4-5-12(17)13(7)9-6-8(14)2-3-11(9)16/h2-6H,1H3. The lowest BCUT2D eigenvalue weighted by Crippen LogP contribution is -2.20. The van der Waals surface area contributed by atoms with Gasteiger partial charge in [0, 0.05) is 16.7 Å². The minimum absolute atomic E-state index is 0.00213. The van der Waals surface area contributed by atoms with Crippen LogP contribution >= 0.6 is 0 Å². The molecule has 0 bridgehead atoms. The lowest BCUT2D eigenvalue weighted by Gasteiger charge is -2.14. The van der Waals surface area contributed by atoms with Gasteiger partial charge in [-0.2, -0.15) is 0 Å². The molecular weight excluding hydrogens is 220 g/mol. The Morgan fingerprint density at radius 2 is 1.35 bits per heavy atom. The van der Waals surface area contributed by atoms with E-state index < -0.39 is 11.6 Å². The van der Waals surface area contributed by atoms with Crippen LogP contribution in [0.5, 0.6) is 0 Å². The van der Waals surface area contributed by atoms with Crippen molar-refractivity contribution in [3.63, 3.8) is 0 Å². The Balaban J connectivity index is 2.57. The first-order valence-electron chi connectivity index (χ1n) is 4.97. The van der Waals surface area contributed by atoms with Crippen LogP contribution in [0.4, 0.5) is 0 Å². The second-order valence-corrected chi connectivity index (χ2v) is 3.72. The molecule has 0 amide bonds. The van der Waals surface area contributed by atoms with Crippen LogP contribution in [-0.2, 0) is 19.2 Å². The molecule has 4 heteroatoms. The number of carbonyl (C=O) groups is 4. The zero-order valence-electron chi connectivity index (χ0n) is 9.02. The molecule has 17 heavy (non-hydrogen) atoms. The Morgan fingerprint density at radius 3 is 2.06 bits per heavy atom. The van der Waals surface area contributed by atoms with Crippen molar-refractivity contribution in [3.05, 3.63) is 47.1 Å². The molecule has 0 saturated carbocycles. The zero-order chi connectivity index (χ0) is 12.6. The first kappa shape index (κ1) is 11.1. The van der Waals surface area contributed by atoms with Crippen molar-refractivity contribution in [2.45, 2.75) is 6.92 Å². The highest BCUT2D eigenvalue weighted by Crippen LogP contribution is 2.24. The Kier molecular flexibility index (Phi) is 2.55. The maximum absolute atomic E-state index is 11.7. The third kappa shape index (κ3) is 1.85. The van der Waals surface area contributed by atoms with Crippen molar-refractivity contribution >= 4 is 23.1 Å². The third-order valence-corrected chi connectivity index (χ3v) is 2.60. The minimum atomic E-state index is -0.435. The van der Waals surface area contributed by atoms with Crippen LogP contribution < -0.4 is 0 Å². The van der Waals surface area contributed by atoms with Crippen molar-refractivity contribution in [2.75, 3.05) is 0 Å². The predicted molar refractivity (Wildman–Crippen MR) is 59.1 cm³/mol. The van der Waals surface area contributed by atoms with Gasteiger partial charge in [-0.1, -0.05) is 0 Å². The molecule has 2 aliphatic carbocycles. The van der Waals surface area contributed by atoms with Crippen LogP contribution in [0.15, 0.2) is 47.1 Å². The molecule has 2 rings (SSSR count). The van der Waals surface area contributed by atoms with E-state index in [-0.39, 0.29) is 28.3 Å². The van der Waals surface area contributed by atoms with Crippen molar-refractivity contribution in [1.82, 2.24) is 0 Å². The summed E-state index contributed by atoms with van der Waals surface area (Å²) in [4.78, 5) is 45.9. The van der Waals surface area contributed by atoms with Crippen LogP contribution in [0.3, 0.4) is 0 Å². The molecule has 0 spiro atoms. The molecule has 0 aromatic heterocycles. The summed E-state index contributed by atoms with van der Waals surface area (Å²) in [5.74, 6) is -1.55. The zero-order valence-corrected chi connectivity index (χ0v) is 9.02. The number of allylic oxidation sites excluding steroid dienone is 8. The average Bonchev–Trinajstić information content (AvgIpc) is 2.29. The van der Waals surface area contributed by atoms with E-state index in [2.05, 4.69) is 0 Å². The second-order valence-electron chi connectivity index (χ2n) is 3.72. The van der Waals surface area contributed by atoms with E-state index in [0.717, 1.165) is 30.4 Å². The lowest BCUT2D eigenvalue weighted by atomic mass is 9.86. The van der Waals surface area contributed by atoms with Gasteiger partial charge in [-0.05, 0) is 37.3 Å². The summed E-state index contributed by atoms with van der Waals surface area (Å²) >= 11 is 0. The fraction of sp³-hybridized carbons (Fsp3) is 0.0769. The van der Waals surface area contributed by atoms with Crippen molar-refractivity contribution in [2.24, 2.45) is 0 Å². The largest absolute Gasteiger partial charge is 0.290 e. The number of carbonyl (C=O) groups excluding carboxylic acids is 4. The number of hydrogen-bond donors (Lipinski definition) is 0. The molecule has 0 N–H and O–H groups in total. The van der Waals surface area contributed by atoms with Gasteiger partial charge < -0.3 is 0 Å². The van der Waals surface area contributed by atoms with E-state index in [9.17, 15) is 19.2 Å². The molecule has 84 valence electrons. The quantitative estimate of drug-likeness (QED) is 0.618. The van der Waals surface area contributed by atoms with E-state index in [1.165, 1.54) is 6.92 Å². The topological polar surface area (TPSA) is 68.3 Å². The molecule has 0 unspecified atom stereocenters. The molecule has 2 aliphatic rings. The van der Waals surface area contributed by atoms with E-state index in [4.69, 9.17) is 0 Å². The molecule has 0 radical (unpaired) electrons. The van der Waals surface area contributed by atoms with E-state index in [0.29, 0.717) is 0 Å². The fourth-order valence-electron chi connectivity index (χ4n) is 1.71. The number of hydrogen-bond acceptors (Lipinski definition) is 4. The second kappa shape index (κ2) is 3.90. The highest BCUT2D eigenvalue weighted by atomic mass is 16.1. The fourth-order valence-corrected chi connectivity index (χ4v) is 1.71. The third-order valence-electron chi connectivity index (χ3n) is 2.60. The van der Waals surface area contributed by atoms with Gasteiger partial charge in [0.15, 0.2) is 23.1 Å². The minimum Gasteiger partial charge on any atom is -0.290 e. The maximum Gasteiger partial charge on any atom is 0.187 e. The van der Waals surface area contributed by atoms with Crippen LogP contribution in [-0.4, -0.2) is 23.1 Å². The average molecular weight is 228 g/mol. The van der Waals surface area contributed by atoms with Gasteiger partial charge in [-0.15, -0.1) is 0 Å². The predicted octanol–water partition coefficient (Wildman–Crippen LogP) is 0.645. The highest BCUT2D eigenvalue weighted by Gasteiger charge is 2.27. The first-order valence-corrected chi connectivity index (χ1v) is 4.97. The van der Waals surface area contributed by atoms with Gasteiger partial charge in [0.1, 0.15) is 0 Å². The van der Waals surface area contributed by atoms with Gasteiger partial charge in [0.2, 0.25) is 0 Å². The number of ketones is 4. The molecule has 0 aromatic rings. The number of rotatable bonds is 1. The molecule has 0 aromatic carbocycles. The Hall–Kier alpha value is -2.36. The van der Waals surface area contributed by atoms with Gasteiger partial charge in [-0.25, -0.2) is 0 Å². The van der Waals surface area contributed by atoms with E-state index in [1.807, 2.05) is 0 Å². The Morgan fingerprint density at radius 1 is 0.765 bits per heavy atom. The monoisotopic (exact) mass is 228 g/mol. The maximum atomic E-state index is 11.7. The van der Waals surface area contributed by atoms with E-state index in [1.54, 1.807) is 0 Å². The van der Waals surface area contributed by atoms with Crippen molar-refractivity contribution in [3.8, 4) is 0 Å². The van der Waals surface area contributed by atoms with Gasteiger partial charge in [0.25, 0.3) is 0 Å². The SMILES string of the molecule is CC1=C(C2=CC(=O)C=CC2=O)C(=O)C=CC1=O. The molecule has 0 aliphatic heterocycles. The summed E-state index contributed by atoms with van der Waals surface area (Å²) < 4.78 is 0. The van der Waals surface area contributed by atoms with Gasteiger partial charge in [-0.3, -0.25) is 19.2 Å². The summed E-state index contributed by atoms with van der Waals surface area (Å²) in [5, 5.41) is 0.